The molecule has 2 aromatic rings. The van der Waals surface area contributed by atoms with Crippen molar-refractivity contribution in [2.45, 2.75) is 52.0 Å². The van der Waals surface area contributed by atoms with Gasteiger partial charge in [0.25, 0.3) is 5.88 Å². The first-order valence-corrected chi connectivity index (χ1v) is 9.87. The van der Waals surface area contributed by atoms with Crippen LogP contribution in [0.2, 0.25) is 0 Å². The average Bonchev–Trinajstić information content (AvgIpc) is 2.65. The highest BCUT2D eigenvalue weighted by Gasteiger charge is 2.31. The van der Waals surface area contributed by atoms with Gasteiger partial charge in [-0.1, -0.05) is 26.3 Å². The molecule has 1 aromatic heterocycles. The van der Waals surface area contributed by atoms with Gasteiger partial charge in [0.15, 0.2) is 5.82 Å². The number of nitrogens with two attached hydrogens (primary N) is 1. The largest absolute Gasteiger partial charge is 0.573 e. The molecule has 0 aliphatic heterocycles. The predicted octanol–water partition coefficient (Wildman–Crippen LogP) is 5.28. The summed E-state index contributed by atoms with van der Waals surface area (Å²) in [6.45, 7) is 4.09. The minimum atomic E-state index is -4.78. The molecular formula is C19H23BrF3N3O3. The fourth-order valence-corrected chi connectivity index (χ4v) is 3.11. The first-order valence-electron chi connectivity index (χ1n) is 9.08. The third-order valence-electron chi connectivity index (χ3n) is 4.11. The van der Waals surface area contributed by atoms with Crippen molar-refractivity contribution in [3.8, 4) is 17.4 Å². The SMILES string of the molecule is CCCC(CC)Oc1nc(Br)c(Cc2ccc(OC(F)(F)F)cc2OC)nc1N. The Morgan fingerprint density at radius 1 is 1.21 bits per heavy atom. The van der Waals surface area contributed by atoms with Gasteiger partial charge >= 0.3 is 6.36 Å². The summed E-state index contributed by atoms with van der Waals surface area (Å²) in [7, 11) is 1.36. The van der Waals surface area contributed by atoms with Crippen molar-refractivity contribution in [3.05, 3.63) is 34.1 Å². The highest BCUT2D eigenvalue weighted by molar-refractivity contribution is 9.10. The molecule has 2 N–H and O–H groups in total. The molecule has 0 saturated heterocycles. The van der Waals surface area contributed by atoms with Gasteiger partial charge in [0.2, 0.25) is 0 Å². The van der Waals surface area contributed by atoms with E-state index in [1.807, 2.05) is 6.92 Å². The van der Waals surface area contributed by atoms with E-state index in [1.165, 1.54) is 25.3 Å². The maximum Gasteiger partial charge on any atom is 0.573 e. The van der Waals surface area contributed by atoms with Crippen molar-refractivity contribution in [3.63, 3.8) is 0 Å². The van der Waals surface area contributed by atoms with E-state index in [9.17, 15) is 13.2 Å². The lowest BCUT2D eigenvalue weighted by molar-refractivity contribution is -0.274. The number of rotatable bonds is 9. The third kappa shape index (κ3) is 6.66. The molecular weight excluding hydrogens is 455 g/mol. The Morgan fingerprint density at radius 3 is 2.52 bits per heavy atom. The van der Waals surface area contributed by atoms with Gasteiger partial charge < -0.3 is 19.9 Å². The molecule has 1 atom stereocenters. The number of hydrogen-bond donors (Lipinski definition) is 1. The van der Waals surface area contributed by atoms with Crippen molar-refractivity contribution < 1.29 is 27.4 Å². The highest BCUT2D eigenvalue weighted by Crippen LogP contribution is 2.32. The summed E-state index contributed by atoms with van der Waals surface area (Å²) in [5.41, 5.74) is 7.11. The Bertz CT molecular complexity index is 834. The van der Waals surface area contributed by atoms with Gasteiger partial charge in [0.05, 0.1) is 12.8 Å². The number of hydrogen-bond acceptors (Lipinski definition) is 6. The minimum Gasteiger partial charge on any atom is -0.496 e. The van der Waals surface area contributed by atoms with Crippen molar-refractivity contribution in [2.24, 2.45) is 0 Å². The second kappa shape index (κ2) is 10.00. The average molecular weight is 478 g/mol. The monoisotopic (exact) mass is 477 g/mol. The van der Waals surface area contributed by atoms with E-state index in [4.69, 9.17) is 15.2 Å². The van der Waals surface area contributed by atoms with Crippen LogP contribution in [-0.2, 0) is 6.42 Å². The Morgan fingerprint density at radius 2 is 1.93 bits per heavy atom. The van der Waals surface area contributed by atoms with Crippen LogP contribution in [0.3, 0.4) is 0 Å². The van der Waals surface area contributed by atoms with Crippen molar-refractivity contribution in [2.75, 3.05) is 12.8 Å². The van der Waals surface area contributed by atoms with Gasteiger partial charge in [0.1, 0.15) is 22.2 Å². The zero-order valence-corrected chi connectivity index (χ0v) is 17.9. The Kier molecular flexibility index (Phi) is 7.95. The molecule has 29 heavy (non-hydrogen) atoms. The highest BCUT2D eigenvalue weighted by atomic mass is 79.9. The number of ether oxygens (including phenoxy) is 3. The summed E-state index contributed by atoms with van der Waals surface area (Å²) in [6.07, 6.45) is -1.88. The van der Waals surface area contributed by atoms with Gasteiger partial charge in [-0.25, -0.2) is 9.97 Å². The smallest absolute Gasteiger partial charge is 0.496 e. The molecule has 0 amide bonds. The Balaban J connectivity index is 2.24. The summed E-state index contributed by atoms with van der Waals surface area (Å²) in [5, 5.41) is 0. The number of anilines is 1. The predicted molar refractivity (Wildman–Crippen MR) is 106 cm³/mol. The summed E-state index contributed by atoms with van der Waals surface area (Å²) in [5.74, 6) is 0.261. The van der Waals surface area contributed by atoms with E-state index in [1.54, 1.807) is 0 Å². The van der Waals surface area contributed by atoms with Gasteiger partial charge in [-0.2, -0.15) is 0 Å². The molecule has 6 nitrogen and oxygen atoms in total. The van der Waals surface area contributed by atoms with E-state index in [2.05, 4.69) is 37.6 Å². The number of methoxy groups -OCH3 is 1. The van der Waals surface area contributed by atoms with Gasteiger partial charge in [-0.15, -0.1) is 13.2 Å². The summed E-state index contributed by atoms with van der Waals surface area (Å²) in [4.78, 5) is 8.70. The number of halogens is 4. The number of nitrogen functional groups attached to an aromatic ring is 1. The van der Waals surface area contributed by atoms with Gasteiger partial charge in [-0.05, 0) is 34.8 Å². The van der Waals surface area contributed by atoms with Crippen LogP contribution in [0.4, 0.5) is 19.0 Å². The fraction of sp³-hybridized carbons (Fsp3) is 0.474. The standard InChI is InChI=1S/C19H23BrF3N3O3/c1-4-6-12(5-2)28-18-17(24)25-14(16(20)26-18)9-11-7-8-13(10-15(11)27-3)29-19(21,22)23/h7-8,10,12H,4-6,9H2,1-3H3,(H2,24,25). The van der Waals surface area contributed by atoms with Gasteiger partial charge in [-0.3, -0.25) is 0 Å². The minimum absolute atomic E-state index is 0.00405. The second-order valence-electron chi connectivity index (χ2n) is 6.29. The van der Waals surface area contributed by atoms with Crippen LogP contribution in [0, 0.1) is 0 Å². The normalized spacial score (nSPS) is 12.5. The molecule has 0 radical (unpaired) electrons. The van der Waals surface area contributed by atoms with Crippen LogP contribution in [0.1, 0.15) is 44.4 Å². The molecule has 0 aliphatic carbocycles. The molecule has 0 bridgehead atoms. The molecule has 2 rings (SSSR count). The molecule has 1 unspecified atom stereocenters. The van der Waals surface area contributed by atoms with Gasteiger partial charge in [0, 0.05) is 18.1 Å². The van der Waals surface area contributed by atoms with E-state index in [0.717, 1.165) is 19.3 Å². The number of nitrogens with zero attached hydrogens (tertiary/aromatic N) is 2. The van der Waals surface area contributed by atoms with Crippen molar-refractivity contribution in [1.29, 1.82) is 0 Å². The zero-order chi connectivity index (χ0) is 21.6. The van der Waals surface area contributed by atoms with E-state index in [-0.39, 0.29) is 35.7 Å². The quantitative estimate of drug-likeness (QED) is 0.529. The molecule has 160 valence electrons. The lowest BCUT2D eigenvalue weighted by atomic mass is 10.1. The first-order chi connectivity index (χ1) is 13.7. The molecule has 10 heteroatoms. The van der Waals surface area contributed by atoms with Crippen LogP contribution in [0.5, 0.6) is 17.4 Å². The molecule has 0 fully saturated rings. The van der Waals surface area contributed by atoms with Crippen LogP contribution >= 0.6 is 15.9 Å². The Labute approximate surface area is 175 Å². The Hall–Kier alpha value is -2.23. The summed E-state index contributed by atoms with van der Waals surface area (Å²) < 4.78 is 52.6. The molecule has 0 spiro atoms. The maximum atomic E-state index is 12.4. The van der Waals surface area contributed by atoms with E-state index >= 15 is 0 Å². The number of aromatic nitrogens is 2. The lowest BCUT2D eigenvalue weighted by Crippen LogP contribution is -2.18. The summed E-state index contributed by atoms with van der Waals surface area (Å²) in [6, 6.07) is 3.86. The number of benzene rings is 1. The van der Waals surface area contributed by atoms with Crippen molar-refractivity contribution >= 4 is 21.7 Å². The third-order valence-corrected chi connectivity index (χ3v) is 4.74. The second-order valence-corrected chi connectivity index (χ2v) is 7.04. The topological polar surface area (TPSA) is 79.5 Å². The lowest BCUT2D eigenvalue weighted by Gasteiger charge is -2.18. The van der Waals surface area contributed by atoms with Crippen molar-refractivity contribution in [1.82, 2.24) is 9.97 Å². The van der Waals surface area contributed by atoms with Crippen LogP contribution < -0.4 is 19.9 Å². The first kappa shape index (κ1) is 23.1. The van der Waals surface area contributed by atoms with Crippen LogP contribution in [0.15, 0.2) is 22.8 Å². The molecule has 1 heterocycles. The summed E-state index contributed by atoms with van der Waals surface area (Å²) >= 11 is 3.37. The van der Waals surface area contributed by atoms with E-state index in [0.29, 0.717) is 15.9 Å². The van der Waals surface area contributed by atoms with Crippen LogP contribution in [-0.4, -0.2) is 29.5 Å². The molecule has 1 aromatic carbocycles. The fourth-order valence-electron chi connectivity index (χ4n) is 2.72. The van der Waals surface area contributed by atoms with Crippen LogP contribution in [0.25, 0.3) is 0 Å². The maximum absolute atomic E-state index is 12.4. The molecule has 0 aliphatic rings. The number of alkyl halides is 3. The zero-order valence-electron chi connectivity index (χ0n) is 16.3. The van der Waals surface area contributed by atoms with E-state index < -0.39 is 6.36 Å². The molecule has 0 saturated carbocycles.